The number of ether oxygens (including phenoxy) is 1. The summed E-state index contributed by atoms with van der Waals surface area (Å²) < 4.78 is 4.68. The Labute approximate surface area is 38.6 Å². The fourth-order valence-corrected chi connectivity index (χ4v) is 0.174. The summed E-state index contributed by atoms with van der Waals surface area (Å²) >= 11 is 0. The standard InChI is InChI=1S/C5H9O/c1-3-4-5-6-2/h1,4-5H2,2H3. The first-order chi connectivity index (χ1) is 2.91. The van der Waals surface area contributed by atoms with Crippen molar-refractivity contribution in [2.75, 3.05) is 13.7 Å². The molecule has 0 aliphatic carbocycles. The predicted octanol–water partition coefficient (Wildman–Crippen LogP) is 1.01. The molecule has 0 aromatic rings. The topological polar surface area (TPSA) is 9.23 Å². The van der Waals surface area contributed by atoms with E-state index in [1.54, 1.807) is 7.11 Å². The minimum absolute atomic E-state index is 0.740. The van der Waals surface area contributed by atoms with Gasteiger partial charge >= 0.3 is 0 Å². The van der Waals surface area contributed by atoms with E-state index >= 15 is 0 Å². The van der Waals surface area contributed by atoms with Crippen molar-refractivity contribution in [3.05, 3.63) is 12.7 Å². The van der Waals surface area contributed by atoms with Crippen molar-refractivity contribution < 1.29 is 4.74 Å². The van der Waals surface area contributed by atoms with Gasteiger partial charge in [-0.15, -0.1) is 0 Å². The molecule has 6 heavy (non-hydrogen) atoms. The summed E-state index contributed by atoms with van der Waals surface area (Å²) in [6.07, 6.45) is 3.52. The Bertz CT molecular complexity index is 32.9. The molecule has 0 unspecified atom stereocenters. The van der Waals surface area contributed by atoms with Gasteiger partial charge < -0.3 is 4.74 Å². The summed E-state index contributed by atoms with van der Waals surface area (Å²) in [5, 5.41) is 0. The molecular weight excluding hydrogens is 76.1 g/mol. The van der Waals surface area contributed by atoms with Gasteiger partial charge in [0.05, 0.1) is 6.61 Å². The molecule has 0 aliphatic heterocycles. The van der Waals surface area contributed by atoms with Gasteiger partial charge in [-0.25, -0.2) is 0 Å². The van der Waals surface area contributed by atoms with E-state index < -0.39 is 0 Å². The molecule has 35 valence electrons. The zero-order valence-electron chi connectivity index (χ0n) is 4.03. The molecule has 0 spiro atoms. The highest BCUT2D eigenvalue weighted by Gasteiger charge is 1.70. The summed E-state index contributed by atoms with van der Waals surface area (Å²) in [5.74, 6) is 0. The SMILES string of the molecule is C=[C]CCOC. The van der Waals surface area contributed by atoms with Crippen LogP contribution < -0.4 is 0 Å². The summed E-state index contributed by atoms with van der Waals surface area (Å²) in [5.41, 5.74) is 0. The van der Waals surface area contributed by atoms with Gasteiger partial charge in [-0.3, -0.25) is 0 Å². The largest absolute Gasteiger partial charge is 0.384 e. The van der Waals surface area contributed by atoms with Gasteiger partial charge in [-0.2, -0.15) is 0 Å². The molecule has 0 aliphatic rings. The predicted molar refractivity (Wildman–Crippen MR) is 25.4 cm³/mol. The molecule has 0 saturated carbocycles. The quantitative estimate of drug-likeness (QED) is 0.465. The molecule has 0 atom stereocenters. The van der Waals surface area contributed by atoms with Gasteiger partial charge in [0.25, 0.3) is 0 Å². The van der Waals surface area contributed by atoms with Crippen LogP contribution in [0.2, 0.25) is 0 Å². The molecule has 0 fully saturated rings. The molecule has 0 aromatic carbocycles. The van der Waals surface area contributed by atoms with Gasteiger partial charge in [-0.1, -0.05) is 12.7 Å². The second-order valence-corrected chi connectivity index (χ2v) is 0.993. The smallest absolute Gasteiger partial charge is 0.0502 e. The third-order valence-electron chi connectivity index (χ3n) is 0.483. The molecule has 0 saturated heterocycles. The minimum atomic E-state index is 0.740. The average molecular weight is 85.1 g/mol. The molecule has 0 heterocycles. The molecule has 0 rings (SSSR count). The second-order valence-electron chi connectivity index (χ2n) is 0.993. The highest BCUT2D eigenvalue weighted by atomic mass is 16.5. The van der Waals surface area contributed by atoms with Gasteiger partial charge in [0.15, 0.2) is 0 Å². The van der Waals surface area contributed by atoms with Gasteiger partial charge in [0, 0.05) is 7.11 Å². The van der Waals surface area contributed by atoms with E-state index in [4.69, 9.17) is 0 Å². The highest BCUT2D eigenvalue weighted by Crippen LogP contribution is 1.74. The number of hydrogen-bond donors (Lipinski definition) is 0. The number of rotatable bonds is 3. The maximum atomic E-state index is 4.68. The molecular formula is C5H9O. The van der Waals surface area contributed by atoms with E-state index in [0.717, 1.165) is 13.0 Å². The first-order valence-electron chi connectivity index (χ1n) is 1.90. The summed E-state index contributed by atoms with van der Waals surface area (Å²) in [6.45, 7) is 4.13. The Hall–Kier alpha value is -0.300. The van der Waals surface area contributed by atoms with Crippen LogP contribution in [0.4, 0.5) is 0 Å². The first kappa shape index (κ1) is 5.70. The van der Waals surface area contributed by atoms with Crippen LogP contribution in [0, 0.1) is 6.08 Å². The Kier molecular flexibility index (Phi) is 4.46. The molecule has 1 radical (unpaired) electrons. The molecule has 0 aromatic heterocycles. The van der Waals surface area contributed by atoms with Crippen molar-refractivity contribution in [1.29, 1.82) is 0 Å². The van der Waals surface area contributed by atoms with Crippen molar-refractivity contribution in [2.24, 2.45) is 0 Å². The van der Waals surface area contributed by atoms with Gasteiger partial charge in [0.2, 0.25) is 0 Å². The van der Waals surface area contributed by atoms with E-state index in [1.165, 1.54) is 0 Å². The van der Waals surface area contributed by atoms with Crippen LogP contribution in [0.1, 0.15) is 6.42 Å². The van der Waals surface area contributed by atoms with Crippen molar-refractivity contribution in [1.82, 2.24) is 0 Å². The lowest BCUT2D eigenvalue weighted by Gasteiger charge is -1.85. The zero-order valence-corrected chi connectivity index (χ0v) is 4.03. The monoisotopic (exact) mass is 85.1 g/mol. The molecule has 0 amide bonds. The highest BCUT2D eigenvalue weighted by molar-refractivity contribution is 4.51. The van der Waals surface area contributed by atoms with Crippen LogP contribution in [0.15, 0.2) is 6.58 Å². The lowest BCUT2D eigenvalue weighted by Crippen LogP contribution is -1.82. The van der Waals surface area contributed by atoms with Crippen LogP contribution in [0.25, 0.3) is 0 Å². The maximum Gasteiger partial charge on any atom is 0.0502 e. The molecule has 1 heteroatoms. The third kappa shape index (κ3) is 3.70. The van der Waals surface area contributed by atoms with E-state index in [1.807, 2.05) is 0 Å². The average Bonchev–Trinajstić information content (AvgIpc) is 1.61. The minimum Gasteiger partial charge on any atom is -0.384 e. The summed E-state index contributed by atoms with van der Waals surface area (Å²) in [4.78, 5) is 0. The van der Waals surface area contributed by atoms with Crippen molar-refractivity contribution in [3.8, 4) is 0 Å². The van der Waals surface area contributed by atoms with Crippen molar-refractivity contribution in [2.45, 2.75) is 6.42 Å². The second kappa shape index (κ2) is 4.70. The first-order valence-corrected chi connectivity index (χ1v) is 1.90. The van der Waals surface area contributed by atoms with Crippen molar-refractivity contribution >= 4 is 0 Å². The number of methoxy groups -OCH3 is 1. The van der Waals surface area contributed by atoms with E-state index in [0.29, 0.717) is 0 Å². The molecule has 0 bridgehead atoms. The number of hydrogen-bond acceptors (Lipinski definition) is 1. The van der Waals surface area contributed by atoms with E-state index in [9.17, 15) is 0 Å². The van der Waals surface area contributed by atoms with E-state index in [-0.39, 0.29) is 0 Å². The Morgan fingerprint density at radius 1 is 1.83 bits per heavy atom. The van der Waals surface area contributed by atoms with Crippen LogP contribution >= 0.6 is 0 Å². The Morgan fingerprint density at radius 2 is 2.50 bits per heavy atom. The fourth-order valence-electron chi connectivity index (χ4n) is 0.174. The third-order valence-corrected chi connectivity index (χ3v) is 0.483. The normalized spacial score (nSPS) is 8.17. The van der Waals surface area contributed by atoms with E-state index in [2.05, 4.69) is 17.4 Å². The van der Waals surface area contributed by atoms with Crippen LogP contribution in [0.5, 0.6) is 0 Å². The lowest BCUT2D eigenvalue weighted by molar-refractivity contribution is 0.203. The van der Waals surface area contributed by atoms with Crippen LogP contribution in [-0.2, 0) is 4.74 Å². The molecule has 1 nitrogen and oxygen atoms in total. The van der Waals surface area contributed by atoms with Crippen molar-refractivity contribution in [3.63, 3.8) is 0 Å². The zero-order chi connectivity index (χ0) is 4.83. The Morgan fingerprint density at radius 3 is 2.67 bits per heavy atom. The summed E-state index contributed by atoms with van der Waals surface area (Å²) in [6, 6.07) is 0. The maximum absolute atomic E-state index is 4.68. The fraction of sp³-hybridized carbons (Fsp3) is 0.600. The van der Waals surface area contributed by atoms with Crippen LogP contribution in [0.3, 0.4) is 0 Å². The lowest BCUT2D eigenvalue weighted by atomic mass is 10.5. The van der Waals surface area contributed by atoms with Gasteiger partial charge in [-0.05, 0) is 6.42 Å². The molecule has 0 N–H and O–H groups in total. The summed E-state index contributed by atoms with van der Waals surface area (Å²) in [7, 11) is 1.66. The van der Waals surface area contributed by atoms with Crippen LogP contribution in [-0.4, -0.2) is 13.7 Å². The van der Waals surface area contributed by atoms with Gasteiger partial charge in [0.1, 0.15) is 0 Å². The Balaban J connectivity index is 2.49.